The monoisotopic (exact) mass is 243 g/mol. The van der Waals surface area contributed by atoms with Crippen LogP contribution in [0.15, 0.2) is 12.7 Å². The van der Waals surface area contributed by atoms with Crippen molar-refractivity contribution in [1.29, 1.82) is 0 Å². The smallest absolute Gasteiger partial charge is 0.411 e. The van der Waals surface area contributed by atoms with E-state index in [2.05, 4.69) is 6.58 Å². The van der Waals surface area contributed by atoms with Crippen molar-refractivity contribution in [2.45, 2.75) is 39.8 Å². The Bertz CT molecular complexity index is 286. The zero-order valence-electron chi connectivity index (χ0n) is 10.8. The minimum absolute atomic E-state index is 0.0759. The highest BCUT2D eigenvalue weighted by Crippen LogP contribution is 2.16. The molecule has 0 aromatic carbocycles. The van der Waals surface area contributed by atoms with Gasteiger partial charge in [-0.15, -0.1) is 0 Å². The third kappa shape index (κ3) is 4.46. The van der Waals surface area contributed by atoms with Crippen molar-refractivity contribution in [1.82, 2.24) is 4.90 Å². The largest absolute Gasteiger partial charge is 0.480 e. The highest BCUT2D eigenvalue weighted by molar-refractivity contribution is 5.80. The third-order valence-corrected chi connectivity index (χ3v) is 2.28. The first-order valence-electron chi connectivity index (χ1n) is 5.61. The Kier molecular flexibility index (Phi) is 6.31. The Labute approximate surface area is 102 Å². The molecular weight excluding hydrogens is 222 g/mol. The molecule has 0 fully saturated rings. The van der Waals surface area contributed by atoms with E-state index in [0.29, 0.717) is 0 Å². The molecule has 0 aliphatic rings. The topological polar surface area (TPSA) is 66.8 Å². The molecule has 0 spiro atoms. The van der Waals surface area contributed by atoms with Crippen LogP contribution in [0.1, 0.15) is 27.7 Å². The van der Waals surface area contributed by atoms with Crippen LogP contribution >= 0.6 is 0 Å². The van der Waals surface area contributed by atoms with Crippen LogP contribution in [0.2, 0.25) is 0 Å². The van der Waals surface area contributed by atoms with E-state index in [0.717, 1.165) is 0 Å². The third-order valence-electron chi connectivity index (χ3n) is 2.28. The van der Waals surface area contributed by atoms with E-state index in [9.17, 15) is 9.59 Å². The normalized spacial score (nSPS) is 12.4. The number of aliphatic carboxylic acids is 1. The summed E-state index contributed by atoms with van der Waals surface area (Å²) >= 11 is 0. The number of ether oxygens (including phenoxy) is 1. The summed E-state index contributed by atoms with van der Waals surface area (Å²) in [6.07, 6.45) is 0.822. The Hall–Kier alpha value is -1.52. The predicted molar refractivity (Wildman–Crippen MR) is 64.8 cm³/mol. The summed E-state index contributed by atoms with van der Waals surface area (Å²) in [6, 6.07) is -1.12. The van der Waals surface area contributed by atoms with Crippen LogP contribution in [-0.4, -0.2) is 40.8 Å². The van der Waals surface area contributed by atoms with E-state index in [-0.39, 0.29) is 18.6 Å². The number of rotatable bonds is 6. The maximum absolute atomic E-state index is 11.8. The molecule has 0 aromatic heterocycles. The molecule has 0 bridgehead atoms. The van der Waals surface area contributed by atoms with Gasteiger partial charge in [0.2, 0.25) is 0 Å². The summed E-state index contributed by atoms with van der Waals surface area (Å²) in [5, 5.41) is 9.17. The second-order valence-corrected chi connectivity index (χ2v) is 4.39. The summed E-state index contributed by atoms with van der Waals surface area (Å²) in [5.74, 6) is -1.21. The van der Waals surface area contributed by atoms with Gasteiger partial charge in [0.05, 0.1) is 0 Å². The Morgan fingerprint density at radius 2 is 1.88 bits per heavy atom. The van der Waals surface area contributed by atoms with Gasteiger partial charge in [-0.1, -0.05) is 26.5 Å². The van der Waals surface area contributed by atoms with Crippen LogP contribution < -0.4 is 0 Å². The lowest BCUT2D eigenvalue weighted by Gasteiger charge is -2.33. The number of carbonyl (C=O) groups is 2. The Morgan fingerprint density at radius 3 is 2.18 bits per heavy atom. The van der Waals surface area contributed by atoms with E-state index in [1.165, 1.54) is 11.0 Å². The molecule has 1 amide bonds. The van der Waals surface area contributed by atoms with Crippen molar-refractivity contribution in [3.8, 4) is 0 Å². The van der Waals surface area contributed by atoms with Gasteiger partial charge in [0.1, 0.15) is 12.6 Å². The van der Waals surface area contributed by atoms with Crippen LogP contribution in [0, 0.1) is 5.92 Å². The number of carboxylic acids is 1. The van der Waals surface area contributed by atoms with Gasteiger partial charge in [-0.2, -0.15) is 0 Å². The van der Waals surface area contributed by atoms with Crippen LogP contribution in [0.4, 0.5) is 4.79 Å². The molecule has 0 saturated carbocycles. The maximum Gasteiger partial charge on any atom is 0.411 e. The van der Waals surface area contributed by atoms with Crippen LogP contribution in [0.25, 0.3) is 0 Å². The quantitative estimate of drug-likeness (QED) is 0.726. The Morgan fingerprint density at radius 1 is 1.35 bits per heavy atom. The summed E-state index contributed by atoms with van der Waals surface area (Å²) in [5.41, 5.74) is 0. The van der Waals surface area contributed by atoms with E-state index in [1.807, 2.05) is 0 Å². The summed E-state index contributed by atoms with van der Waals surface area (Å²) in [7, 11) is 0. The molecule has 0 rings (SSSR count). The van der Waals surface area contributed by atoms with Crippen LogP contribution in [-0.2, 0) is 9.53 Å². The number of carbonyl (C=O) groups excluding carboxylic acids is 1. The summed E-state index contributed by atoms with van der Waals surface area (Å²) in [4.78, 5) is 24.2. The lowest BCUT2D eigenvalue weighted by Crippen LogP contribution is -2.51. The average Bonchev–Trinajstić information content (AvgIpc) is 2.20. The molecule has 0 heterocycles. The molecule has 5 heteroatoms. The van der Waals surface area contributed by atoms with Crippen molar-refractivity contribution >= 4 is 12.1 Å². The molecule has 0 aliphatic heterocycles. The van der Waals surface area contributed by atoms with Gasteiger partial charge in [-0.05, 0) is 19.8 Å². The highest BCUT2D eigenvalue weighted by Gasteiger charge is 2.34. The SMILES string of the molecule is C=CCOC(=O)N(C(C)C)C(C(=O)O)C(C)C. The van der Waals surface area contributed by atoms with E-state index in [1.54, 1.807) is 27.7 Å². The molecule has 1 N–H and O–H groups in total. The van der Waals surface area contributed by atoms with Gasteiger partial charge in [-0.25, -0.2) is 9.59 Å². The van der Waals surface area contributed by atoms with Gasteiger partial charge in [0, 0.05) is 6.04 Å². The molecule has 17 heavy (non-hydrogen) atoms. The fourth-order valence-corrected chi connectivity index (χ4v) is 1.58. The fraction of sp³-hybridized carbons (Fsp3) is 0.667. The first kappa shape index (κ1) is 15.5. The van der Waals surface area contributed by atoms with Gasteiger partial charge in [0.15, 0.2) is 0 Å². The molecule has 98 valence electrons. The maximum atomic E-state index is 11.8. The van der Waals surface area contributed by atoms with Gasteiger partial charge < -0.3 is 9.84 Å². The molecule has 1 atom stereocenters. The zero-order valence-corrected chi connectivity index (χ0v) is 10.8. The van der Waals surface area contributed by atoms with E-state index in [4.69, 9.17) is 9.84 Å². The molecule has 0 saturated heterocycles. The number of carboxylic acid groups (broad SMARTS) is 1. The lowest BCUT2D eigenvalue weighted by atomic mass is 10.0. The van der Waals surface area contributed by atoms with Crippen LogP contribution in [0.5, 0.6) is 0 Å². The number of amides is 1. The lowest BCUT2D eigenvalue weighted by molar-refractivity contribution is -0.145. The second-order valence-electron chi connectivity index (χ2n) is 4.39. The van der Waals surface area contributed by atoms with Crippen molar-refractivity contribution in [2.24, 2.45) is 5.92 Å². The summed E-state index contributed by atoms with van der Waals surface area (Å²) < 4.78 is 4.90. The summed E-state index contributed by atoms with van der Waals surface area (Å²) in [6.45, 7) is 10.5. The predicted octanol–water partition coefficient (Wildman–Crippen LogP) is 2.13. The van der Waals surface area contributed by atoms with Gasteiger partial charge in [0.25, 0.3) is 0 Å². The Balaban J connectivity index is 4.98. The van der Waals surface area contributed by atoms with E-state index >= 15 is 0 Å². The molecule has 5 nitrogen and oxygen atoms in total. The number of hydrogen-bond acceptors (Lipinski definition) is 3. The second kappa shape index (κ2) is 6.93. The number of nitrogens with zero attached hydrogens (tertiary/aromatic N) is 1. The van der Waals surface area contributed by atoms with Crippen LogP contribution in [0.3, 0.4) is 0 Å². The first-order valence-corrected chi connectivity index (χ1v) is 5.61. The highest BCUT2D eigenvalue weighted by atomic mass is 16.6. The van der Waals surface area contributed by atoms with E-state index < -0.39 is 18.1 Å². The fourth-order valence-electron chi connectivity index (χ4n) is 1.58. The molecular formula is C12H21NO4. The molecule has 0 aliphatic carbocycles. The number of hydrogen-bond donors (Lipinski definition) is 1. The first-order chi connectivity index (χ1) is 7.82. The minimum atomic E-state index is -1.02. The zero-order chi connectivity index (χ0) is 13.6. The molecule has 1 unspecified atom stereocenters. The average molecular weight is 243 g/mol. The molecule has 0 radical (unpaired) electrons. The van der Waals surface area contributed by atoms with Crippen molar-refractivity contribution in [3.05, 3.63) is 12.7 Å². The van der Waals surface area contributed by atoms with Crippen molar-refractivity contribution in [3.63, 3.8) is 0 Å². The van der Waals surface area contributed by atoms with Gasteiger partial charge >= 0.3 is 12.1 Å². The standard InChI is InChI=1S/C12H21NO4/c1-6-7-17-12(16)13(9(4)5)10(8(2)3)11(14)15/h6,8-10H,1,7H2,2-5H3,(H,14,15). The minimum Gasteiger partial charge on any atom is -0.480 e. The molecule has 0 aromatic rings. The van der Waals surface area contributed by atoms with Gasteiger partial charge in [-0.3, -0.25) is 4.90 Å². The van der Waals surface area contributed by atoms with Crippen molar-refractivity contribution in [2.75, 3.05) is 6.61 Å². The van der Waals surface area contributed by atoms with Crippen molar-refractivity contribution < 1.29 is 19.4 Å².